The maximum atomic E-state index is 5.62. The zero-order valence-electron chi connectivity index (χ0n) is 8.91. The van der Waals surface area contributed by atoms with E-state index in [1.54, 1.807) is 0 Å². The molecule has 1 aromatic rings. The van der Waals surface area contributed by atoms with Crippen LogP contribution < -0.4 is 4.84 Å². The number of rotatable bonds is 4. The molecule has 1 fully saturated rings. The minimum Gasteiger partial charge on any atom is -0.230 e. The predicted molar refractivity (Wildman–Crippen MR) is 65.6 cm³/mol. The van der Waals surface area contributed by atoms with Gasteiger partial charge in [-0.15, -0.1) is 0 Å². The Balaban J connectivity index is 2.10. The summed E-state index contributed by atoms with van der Waals surface area (Å²) >= 11 is 5.62. The molecular formula is C13H16ClN. The first-order valence-corrected chi connectivity index (χ1v) is 5.84. The summed E-state index contributed by atoms with van der Waals surface area (Å²) in [6.45, 7) is 2.21. The summed E-state index contributed by atoms with van der Waals surface area (Å²) in [5.74, 6) is 0.646. The fourth-order valence-corrected chi connectivity index (χ4v) is 2.20. The van der Waals surface area contributed by atoms with E-state index in [2.05, 4.69) is 42.1 Å². The molecule has 1 aliphatic rings. The van der Waals surface area contributed by atoms with Crippen molar-refractivity contribution in [2.75, 3.05) is 0 Å². The van der Waals surface area contributed by atoms with Crippen molar-refractivity contribution in [3.05, 3.63) is 41.5 Å². The third-order valence-electron chi connectivity index (χ3n) is 2.97. The van der Waals surface area contributed by atoms with E-state index in [0.717, 1.165) is 6.42 Å². The van der Waals surface area contributed by atoms with E-state index in [1.165, 1.54) is 17.6 Å². The molecule has 0 aromatic heterocycles. The van der Waals surface area contributed by atoms with Gasteiger partial charge in [0, 0.05) is 6.04 Å². The largest absolute Gasteiger partial charge is 0.230 e. The molecule has 0 saturated heterocycles. The van der Waals surface area contributed by atoms with E-state index in [9.17, 15) is 0 Å². The van der Waals surface area contributed by atoms with E-state index in [-0.39, 0.29) is 0 Å². The third-order valence-corrected chi connectivity index (χ3v) is 3.25. The average Bonchev–Trinajstić information content (AvgIpc) is 3.06. The van der Waals surface area contributed by atoms with E-state index >= 15 is 0 Å². The normalized spacial score (nSPS) is 25.3. The van der Waals surface area contributed by atoms with Crippen LogP contribution >= 0.6 is 11.8 Å². The second-order valence-electron chi connectivity index (χ2n) is 4.04. The van der Waals surface area contributed by atoms with E-state index in [4.69, 9.17) is 11.8 Å². The van der Waals surface area contributed by atoms with Gasteiger partial charge in [0.05, 0.1) is 0 Å². The van der Waals surface area contributed by atoms with Crippen molar-refractivity contribution in [3.8, 4) is 0 Å². The monoisotopic (exact) mass is 221 g/mol. The highest BCUT2D eigenvalue weighted by molar-refractivity contribution is 6.13. The Morgan fingerprint density at radius 1 is 1.47 bits per heavy atom. The lowest BCUT2D eigenvalue weighted by Crippen LogP contribution is -2.05. The van der Waals surface area contributed by atoms with Crippen LogP contribution in [0.4, 0.5) is 0 Å². The molecule has 0 heterocycles. The van der Waals surface area contributed by atoms with E-state index < -0.39 is 0 Å². The number of hydrogen-bond acceptors (Lipinski definition) is 1. The first-order chi connectivity index (χ1) is 7.35. The summed E-state index contributed by atoms with van der Waals surface area (Å²) in [6, 6.07) is 11.0. The molecule has 2 rings (SSSR count). The molecule has 0 unspecified atom stereocenters. The first-order valence-electron chi connectivity index (χ1n) is 5.46. The van der Waals surface area contributed by atoms with Gasteiger partial charge in [0.2, 0.25) is 0 Å². The molecule has 2 heteroatoms. The molecule has 1 aliphatic carbocycles. The highest BCUT2D eigenvalue weighted by Crippen LogP contribution is 2.39. The quantitative estimate of drug-likeness (QED) is 0.766. The van der Waals surface area contributed by atoms with Crippen molar-refractivity contribution in [2.45, 2.75) is 25.8 Å². The van der Waals surface area contributed by atoms with Crippen LogP contribution in [0, 0.1) is 5.92 Å². The fraction of sp³-hybridized carbons (Fsp3) is 0.385. The predicted octanol–water partition coefficient (Wildman–Crippen LogP) is 3.61. The van der Waals surface area contributed by atoms with Gasteiger partial charge in [-0.25, -0.2) is 4.84 Å². The van der Waals surface area contributed by atoms with Crippen LogP contribution in [0.15, 0.2) is 35.9 Å². The van der Waals surface area contributed by atoms with Crippen molar-refractivity contribution in [3.63, 3.8) is 0 Å². The number of nitrogens with one attached hydrogen (secondary N) is 1. The molecule has 0 spiro atoms. The molecule has 1 N–H and O–H groups in total. The number of hydrogen-bond donors (Lipinski definition) is 1. The van der Waals surface area contributed by atoms with Gasteiger partial charge >= 0.3 is 0 Å². The Kier molecular flexibility index (Phi) is 3.45. The Labute approximate surface area is 96.3 Å². The topological polar surface area (TPSA) is 12.0 Å². The van der Waals surface area contributed by atoms with Crippen LogP contribution in [0.5, 0.6) is 0 Å². The van der Waals surface area contributed by atoms with E-state index in [0.29, 0.717) is 12.0 Å². The maximum absolute atomic E-state index is 5.62. The SMILES string of the molecule is CC/C(=C\c1ccccc1)[C@H]1C[C@@H]1NCl. The second-order valence-corrected chi connectivity index (χ2v) is 4.26. The molecule has 0 radical (unpaired) electrons. The van der Waals surface area contributed by atoms with Gasteiger partial charge in [-0.1, -0.05) is 48.9 Å². The zero-order chi connectivity index (χ0) is 10.7. The lowest BCUT2D eigenvalue weighted by Gasteiger charge is -2.03. The molecule has 0 amide bonds. The summed E-state index contributed by atoms with van der Waals surface area (Å²) < 4.78 is 0. The van der Waals surface area contributed by atoms with Crippen molar-refractivity contribution in [1.82, 2.24) is 4.84 Å². The van der Waals surface area contributed by atoms with Gasteiger partial charge in [0.1, 0.15) is 0 Å². The average molecular weight is 222 g/mol. The Morgan fingerprint density at radius 3 is 2.73 bits per heavy atom. The molecule has 1 saturated carbocycles. The van der Waals surface area contributed by atoms with Crippen molar-refractivity contribution < 1.29 is 0 Å². The van der Waals surface area contributed by atoms with Gasteiger partial charge in [-0.05, 0) is 36.1 Å². The van der Waals surface area contributed by atoms with Crippen LogP contribution in [-0.2, 0) is 0 Å². The highest BCUT2D eigenvalue weighted by atomic mass is 35.5. The Bertz CT molecular complexity index is 345. The van der Waals surface area contributed by atoms with Gasteiger partial charge < -0.3 is 0 Å². The second kappa shape index (κ2) is 4.82. The molecule has 80 valence electrons. The smallest absolute Gasteiger partial charge is 0.0293 e. The molecule has 0 bridgehead atoms. The summed E-state index contributed by atoms with van der Waals surface area (Å²) in [4.78, 5) is 2.82. The van der Waals surface area contributed by atoms with Crippen LogP contribution in [-0.4, -0.2) is 6.04 Å². The standard InChI is InChI=1S/C13H16ClN/c1-2-11(12-9-13(12)15-14)8-10-6-4-3-5-7-10/h3-8,12-13,15H,2,9H2,1H3/b11-8+/t12-,13+/m1/s1. The third kappa shape index (κ3) is 2.61. The van der Waals surface area contributed by atoms with Crippen LogP contribution in [0.1, 0.15) is 25.3 Å². The molecule has 1 aromatic carbocycles. The summed E-state index contributed by atoms with van der Waals surface area (Å²) in [6.07, 6.45) is 4.57. The molecule has 1 nitrogen and oxygen atoms in total. The highest BCUT2D eigenvalue weighted by Gasteiger charge is 2.38. The Hall–Kier alpha value is -0.790. The van der Waals surface area contributed by atoms with Crippen LogP contribution in [0.25, 0.3) is 6.08 Å². The fourth-order valence-electron chi connectivity index (χ4n) is 1.96. The van der Waals surface area contributed by atoms with Crippen molar-refractivity contribution in [1.29, 1.82) is 0 Å². The number of benzene rings is 1. The number of halogens is 1. The maximum Gasteiger partial charge on any atom is 0.0293 e. The molecule has 15 heavy (non-hydrogen) atoms. The summed E-state index contributed by atoms with van der Waals surface area (Å²) in [5, 5.41) is 0. The molecule has 2 atom stereocenters. The van der Waals surface area contributed by atoms with Crippen LogP contribution in [0.2, 0.25) is 0 Å². The Morgan fingerprint density at radius 2 is 2.20 bits per heavy atom. The summed E-state index contributed by atoms with van der Waals surface area (Å²) in [5.41, 5.74) is 2.79. The van der Waals surface area contributed by atoms with Gasteiger partial charge in [0.25, 0.3) is 0 Å². The first kappa shape index (κ1) is 10.7. The molecule has 0 aliphatic heterocycles. The minimum absolute atomic E-state index is 0.488. The van der Waals surface area contributed by atoms with Gasteiger partial charge in [0.15, 0.2) is 0 Å². The minimum atomic E-state index is 0.488. The lowest BCUT2D eigenvalue weighted by atomic mass is 10.0. The van der Waals surface area contributed by atoms with Gasteiger partial charge in [-0.2, -0.15) is 0 Å². The molecular weight excluding hydrogens is 206 g/mol. The van der Waals surface area contributed by atoms with E-state index in [1.807, 2.05) is 6.07 Å². The van der Waals surface area contributed by atoms with Crippen molar-refractivity contribution in [2.24, 2.45) is 5.92 Å². The van der Waals surface area contributed by atoms with Crippen molar-refractivity contribution >= 4 is 17.9 Å². The lowest BCUT2D eigenvalue weighted by molar-refractivity contribution is 0.830. The summed E-state index contributed by atoms with van der Waals surface area (Å²) in [7, 11) is 0. The van der Waals surface area contributed by atoms with Crippen LogP contribution in [0.3, 0.4) is 0 Å². The zero-order valence-corrected chi connectivity index (χ0v) is 9.67. The van der Waals surface area contributed by atoms with Gasteiger partial charge in [-0.3, -0.25) is 0 Å².